The first-order valence-corrected chi connectivity index (χ1v) is 10.5. The molecule has 1 saturated heterocycles. The third-order valence-electron chi connectivity index (χ3n) is 5.05. The van der Waals surface area contributed by atoms with Crippen LogP contribution in [0.25, 0.3) is 0 Å². The molecule has 29 heavy (non-hydrogen) atoms. The molecule has 0 aromatic heterocycles. The van der Waals surface area contributed by atoms with Gasteiger partial charge in [-0.15, -0.1) is 0 Å². The molecule has 7 heteroatoms. The summed E-state index contributed by atoms with van der Waals surface area (Å²) >= 11 is 11.6. The van der Waals surface area contributed by atoms with Gasteiger partial charge in [0.25, 0.3) is 0 Å². The van der Waals surface area contributed by atoms with E-state index in [9.17, 15) is 4.79 Å². The Bertz CT molecular complexity index is 873. The standard InChI is InChI=1S/C22H26ClN3O2S/c1-15-4-3-11-26(14-15)18-8-5-16(6-9-18)13-24-22(29)25-20-12-17(21(27)28-2)7-10-19(20)23/h5-10,12,15H,3-4,11,13-14H2,1-2H3,(H2,24,25,29). The molecule has 0 spiro atoms. The molecular formula is C22H26ClN3O2S. The van der Waals surface area contributed by atoms with Crippen LogP contribution in [0.5, 0.6) is 0 Å². The quantitative estimate of drug-likeness (QED) is 0.521. The fourth-order valence-corrected chi connectivity index (χ4v) is 3.81. The van der Waals surface area contributed by atoms with Crippen molar-refractivity contribution in [3.8, 4) is 0 Å². The van der Waals surface area contributed by atoms with Gasteiger partial charge in [0.05, 0.1) is 23.4 Å². The van der Waals surface area contributed by atoms with E-state index in [2.05, 4.69) is 46.7 Å². The molecule has 1 unspecified atom stereocenters. The van der Waals surface area contributed by atoms with Gasteiger partial charge in [-0.25, -0.2) is 4.79 Å². The van der Waals surface area contributed by atoms with Crippen molar-refractivity contribution in [2.24, 2.45) is 5.92 Å². The third kappa shape index (κ3) is 5.84. The molecule has 0 saturated carbocycles. The third-order valence-corrected chi connectivity index (χ3v) is 5.62. The maximum Gasteiger partial charge on any atom is 0.337 e. The van der Waals surface area contributed by atoms with Crippen molar-refractivity contribution in [3.05, 3.63) is 58.6 Å². The van der Waals surface area contributed by atoms with Crippen molar-refractivity contribution >= 4 is 46.3 Å². The molecule has 0 radical (unpaired) electrons. The summed E-state index contributed by atoms with van der Waals surface area (Å²) in [7, 11) is 1.34. The van der Waals surface area contributed by atoms with Crippen LogP contribution in [0.15, 0.2) is 42.5 Å². The van der Waals surface area contributed by atoms with Gasteiger partial charge in [-0.05, 0) is 66.9 Å². The van der Waals surface area contributed by atoms with Gasteiger partial charge in [0.1, 0.15) is 0 Å². The zero-order chi connectivity index (χ0) is 20.8. The second kappa shape index (κ2) is 9.94. The van der Waals surface area contributed by atoms with Gasteiger partial charge in [-0.1, -0.05) is 30.7 Å². The summed E-state index contributed by atoms with van der Waals surface area (Å²) in [5.74, 6) is 0.324. The van der Waals surface area contributed by atoms with E-state index < -0.39 is 5.97 Å². The number of nitrogens with one attached hydrogen (secondary N) is 2. The van der Waals surface area contributed by atoms with Crippen molar-refractivity contribution < 1.29 is 9.53 Å². The Morgan fingerprint density at radius 1 is 1.28 bits per heavy atom. The lowest BCUT2D eigenvalue weighted by Crippen LogP contribution is -2.34. The van der Waals surface area contributed by atoms with E-state index in [0.717, 1.165) is 24.6 Å². The SMILES string of the molecule is COC(=O)c1ccc(Cl)c(NC(=S)NCc2ccc(N3CCCC(C)C3)cc2)c1. The maximum absolute atomic E-state index is 11.7. The van der Waals surface area contributed by atoms with Crippen LogP contribution in [0.4, 0.5) is 11.4 Å². The maximum atomic E-state index is 11.7. The summed E-state index contributed by atoms with van der Waals surface area (Å²) in [5.41, 5.74) is 3.37. The van der Waals surface area contributed by atoms with Crippen LogP contribution in [0.2, 0.25) is 5.02 Å². The smallest absolute Gasteiger partial charge is 0.337 e. The first-order chi connectivity index (χ1) is 14.0. The number of hydrogen-bond donors (Lipinski definition) is 2. The van der Waals surface area contributed by atoms with Crippen molar-refractivity contribution in [2.45, 2.75) is 26.3 Å². The fourth-order valence-electron chi connectivity index (χ4n) is 3.46. The van der Waals surface area contributed by atoms with Crippen molar-refractivity contribution in [3.63, 3.8) is 0 Å². The minimum absolute atomic E-state index is 0.407. The predicted octanol–water partition coefficient (Wildman–Crippen LogP) is 4.85. The molecular weight excluding hydrogens is 406 g/mol. The lowest BCUT2D eigenvalue weighted by Gasteiger charge is -2.32. The highest BCUT2D eigenvalue weighted by Gasteiger charge is 2.16. The van der Waals surface area contributed by atoms with E-state index in [1.54, 1.807) is 18.2 Å². The molecule has 0 bridgehead atoms. The van der Waals surface area contributed by atoms with Crippen LogP contribution in [0, 0.1) is 5.92 Å². The van der Waals surface area contributed by atoms with Gasteiger partial charge in [0, 0.05) is 25.3 Å². The average Bonchev–Trinajstić information content (AvgIpc) is 2.73. The highest BCUT2D eigenvalue weighted by Crippen LogP contribution is 2.24. The normalized spacial score (nSPS) is 16.2. The average molecular weight is 432 g/mol. The summed E-state index contributed by atoms with van der Waals surface area (Å²) in [4.78, 5) is 14.1. The van der Waals surface area contributed by atoms with E-state index >= 15 is 0 Å². The second-order valence-corrected chi connectivity index (χ2v) is 8.17. The Morgan fingerprint density at radius 3 is 2.72 bits per heavy atom. The van der Waals surface area contributed by atoms with Gasteiger partial charge < -0.3 is 20.3 Å². The van der Waals surface area contributed by atoms with E-state index in [-0.39, 0.29) is 0 Å². The molecule has 2 aromatic rings. The number of esters is 1. The minimum Gasteiger partial charge on any atom is -0.465 e. The van der Waals surface area contributed by atoms with Gasteiger partial charge in [0.2, 0.25) is 0 Å². The molecule has 2 N–H and O–H groups in total. The van der Waals surface area contributed by atoms with E-state index in [4.69, 9.17) is 28.6 Å². The Balaban J connectivity index is 1.55. The number of rotatable bonds is 5. The van der Waals surface area contributed by atoms with Crippen LogP contribution in [-0.4, -0.2) is 31.3 Å². The molecule has 1 aliphatic rings. The molecule has 154 valence electrons. The molecule has 1 atom stereocenters. The Labute approximate surface area is 182 Å². The molecule has 3 rings (SSSR count). The number of piperidine rings is 1. The Morgan fingerprint density at radius 2 is 2.03 bits per heavy atom. The summed E-state index contributed by atoms with van der Waals surface area (Å²) in [6, 6.07) is 13.4. The van der Waals surface area contributed by atoms with Gasteiger partial charge in [-0.2, -0.15) is 0 Å². The zero-order valence-electron chi connectivity index (χ0n) is 16.7. The number of carbonyl (C=O) groups is 1. The second-order valence-electron chi connectivity index (χ2n) is 7.35. The molecule has 5 nitrogen and oxygen atoms in total. The number of hydrogen-bond acceptors (Lipinski definition) is 4. The minimum atomic E-state index is -0.424. The van der Waals surface area contributed by atoms with Gasteiger partial charge in [-0.3, -0.25) is 0 Å². The van der Waals surface area contributed by atoms with E-state index in [1.807, 2.05) is 0 Å². The molecule has 2 aromatic carbocycles. The lowest BCUT2D eigenvalue weighted by atomic mass is 9.99. The van der Waals surface area contributed by atoms with Crippen LogP contribution in [0.3, 0.4) is 0 Å². The first-order valence-electron chi connectivity index (χ1n) is 9.73. The number of thiocarbonyl (C=S) groups is 1. The molecule has 0 aliphatic carbocycles. The van der Waals surface area contributed by atoms with Crippen LogP contribution in [-0.2, 0) is 11.3 Å². The van der Waals surface area contributed by atoms with Crippen molar-refractivity contribution in [1.29, 1.82) is 0 Å². The van der Waals surface area contributed by atoms with Gasteiger partial charge >= 0.3 is 5.97 Å². The van der Waals surface area contributed by atoms with E-state index in [0.29, 0.717) is 27.9 Å². The highest BCUT2D eigenvalue weighted by atomic mass is 35.5. The number of nitrogens with zero attached hydrogens (tertiary/aromatic N) is 1. The molecule has 1 fully saturated rings. The molecule has 0 amide bonds. The number of carbonyl (C=O) groups excluding carboxylic acids is 1. The monoisotopic (exact) mass is 431 g/mol. The van der Waals surface area contributed by atoms with Gasteiger partial charge in [0.15, 0.2) is 5.11 Å². The number of methoxy groups -OCH3 is 1. The first kappa shape index (κ1) is 21.4. The van der Waals surface area contributed by atoms with E-state index in [1.165, 1.54) is 25.6 Å². The summed E-state index contributed by atoms with van der Waals surface area (Å²) in [5, 5.41) is 7.12. The summed E-state index contributed by atoms with van der Waals surface area (Å²) < 4.78 is 4.74. The van der Waals surface area contributed by atoms with Crippen molar-refractivity contribution in [1.82, 2.24) is 5.32 Å². The zero-order valence-corrected chi connectivity index (χ0v) is 18.3. The largest absolute Gasteiger partial charge is 0.465 e. The number of halogens is 1. The summed E-state index contributed by atoms with van der Waals surface area (Å²) in [6.07, 6.45) is 2.57. The van der Waals surface area contributed by atoms with Crippen LogP contribution in [0.1, 0.15) is 35.7 Å². The Kier molecular flexibility index (Phi) is 7.34. The van der Waals surface area contributed by atoms with Crippen LogP contribution >= 0.6 is 23.8 Å². The van der Waals surface area contributed by atoms with Crippen molar-refractivity contribution in [2.75, 3.05) is 30.4 Å². The Hall–Kier alpha value is -2.31. The number of ether oxygens (including phenoxy) is 1. The number of benzene rings is 2. The molecule has 1 heterocycles. The summed E-state index contributed by atoms with van der Waals surface area (Å²) in [6.45, 7) is 5.15. The topological polar surface area (TPSA) is 53.6 Å². The fraction of sp³-hybridized carbons (Fsp3) is 0.364. The van der Waals surface area contributed by atoms with Crippen LogP contribution < -0.4 is 15.5 Å². The molecule has 1 aliphatic heterocycles. The number of anilines is 2. The highest BCUT2D eigenvalue weighted by molar-refractivity contribution is 7.80. The predicted molar refractivity (Wildman–Crippen MR) is 123 cm³/mol. The lowest BCUT2D eigenvalue weighted by molar-refractivity contribution is 0.0601.